The van der Waals surface area contributed by atoms with Gasteiger partial charge >= 0.3 is 0 Å². The van der Waals surface area contributed by atoms with Crippen molar-refractivity contribution in [3.8, 4) is 17.2 Å². The van der Waals surface area contributed by atoms with Gasteiger partial charge in [-0.15, -0.1) is 0 Å². The predicted molar refractivity (Wildman–Crippen MR) is 80.9 cm³/mol. The van der Waals surface area contributed by atoms with Crippen LogP contribution in [-0.4, -0.2) is 33.8 Å². The van der Waals surface area contributed by atoms with Gasteiger partial charge in [-0.2, -0.15) is 0 Å². The van der Waals surface area contributed by atoms with Gasteiger partial charge in [-0.3, -0.25) is 4.79 Å². The molecule has 0 saturated heterocycles. The van der Waals surface area contributed by atoms with E-state index in [9.17, 15) is 4.79 Å². The maximum Gasteiger partial charge on any atom is 0.220 e. The first-order valence-electron chi connectivity index (χ1n) is 6.86. The van der Waals surface area contributed by atoms with Gasteiger partial charge in [-0.1, -0.05) is 0 Å². The summed E-state index contributed by atoms with van der Waals surface area (Å²) in [6.45, 7) is 2.41. The first kappa shape index (κ1) is 17.1. The minimum atomic E-state index is -0.163. The van der Waals surface area contributed by atoms with Gasteiger partial charge in [-0.05, 0) is 37.6 Å². The van der Waals surface area contributed by atoms with Crippen molar-refractivity contribution in [1.82, 2.24) is 5.32 Å². The molecule has 21 heavy (non-hydrogen) atoms. The van der Waals surface area contributed by atoms with Crippen molar-refractivity contribution in [3.05, 3.63) is 17.7 Å². The minimum Gasteiger partial charge on any atom is -0.493 e. The standard InChI is InChI=1S/C15H24N2O4/c1-10(17-14(18)6-5-7-16)11-8-12(19-2)15(21-4)13(9-11)20-3/h8-10H,5-7,16H2,1-4H3,(H,17,18). The van der Waals surface area contributed by atoms with Crippen molar-refractivity contribution in [2.24, 2.45) is 5.73 Å². The Morgan fingerprint density at radius 1 is 1.19 bits per heavy atom. The third-order valence-electron chi connectivity index (χ3n) is 3.17. The average Bonchev–Trinajstić information content (AvgIpc) is 2.51. The molecule has 1 unspecified atom stereocenters. The second-order valence-electron chi connectivity index (χ2n) is 4.64. The van der Waals surface area contributed by atoms with E-state index in [1.54, 1.807) is 21.3 Å². The van der Waals surface area contributed by atoms with Crippen molar-refractivity contribution < 1.29 is 19.0 Å². The summed E-state index contributed by atoms with van der Waals surface area (Å²) in [4.78, 5) is 11.8. The average molecular weight is 296 g/mol. The fraction of sp³-hybridized carbons (Fsp3) is 0.533. The highest BCUT2D eigenvalue weighted by Crippen LogP contribution is 2.39. The molecule has 118 valence electrons. The summed E-state index contributed by atoms with van der Waals surface area (Å²) >= 11 is 0. The molecule has 1 atom stereocenters. The van der Waals surface area contributed by atoms with E-state index in [0.717, 1.165) is 5.56 Å². The van der Waals surface area contributed by atoms with Crippen molar-refractivity contribution in [2.75, 3.05) is 27.9 Å². The highest BCUT2D eigenvalue weighted by Gasteiger charge is 2.17. The van der Waals surface area contributed by atoms with E-state index in [1.165, 1.54) is 0 Å². The second-order valence-corrected chi connectivity index (χ2v) is 4.64. The Balaban J connectivity index is 2.94. The monoisotopic (exact) mass is 296 g/mol. The Hall–Kier alpha value is -1.95. The van der Waals surface area contributed by atoms with E-state index in [4.69, 9.17) is 19.9 Å². The first-order chi connectivity index (χ1) is 10.1. The van der Waals surface area contributed by atoms with E-state index in [1.807, 2.05) is 19.1 Å². The van der Waals surface area contributed by atoms with Crippen LogP contribution in [0.25, 0.3) is 0 Å². The smallest absolute Gasteiger partial charge is 0.220 e. The first-order valence-corrected chi connectivity index (χ1v) is 6.86. The third-order valence-corrected chi connectivity index (χ3v) is 3.17. The molecule has 1 rings (SSSR count). The van der Waals surface area contributed by atoms with Gasteiger partial charge in [0.2, 0.25) is 11.7 Å². The van der Waals surface area contributed by atoms with E-state index in [-0.39, 0.29) is 11.9 Å². The van der Waals surface area contributed by atoms with Gasteiger partial charge in [0.25, 0.3) is 0 Å². The lowest BCUT2D eigenvalue weighted by Gasteiger charge is -2.18. The number of nitrogens with two attached hydrogens (primary N) is 1. The molecule has 0 heterocycles. The Morgan fingerprint density at radius 2 is 1.76 bits per heavy atom. The molecule has 6 heteroatoms. The quantitative estimate of drug-likeness (QED) is 0.762. The summed E-state index contributed by atoms with van der Waals surface area (Å²) in [5, 5.41) is 2.92. The van der Waals surface area contributed by atoms with Gasteiger partial charge in [0.1, 0.15) is 0 Å². The number of hydrogen-bond acceptors (Lipinski definition) is 5. The zero-order valence-corrected chi connectivity index (χ0v) is 13.1. The Bertz CT molecular complexity index is 452. The summed E-state index contributed by atoms with van der Waals surface area (Å²) in [6.07, 6.45) is 1.10. The molecule has 1 aromatic rings. The number of methoxy groups -OCH3 is 3. The lowest BCUT2D eigenvalue weighted by atomic mass is 10.1. The van der Waals surface area contributed by atoms with Crippen LogP contribution in [0.2, 0.25) is 0 Å². The Kier molecular flexibility index (Phi) is 6.81. The van der Waals surface area contributed by atoms with Crippen LogP contribution in [0.5, 0.6) is 17.2 Å². The highest BCUT2D eigenvalue weighted by molar-refractivity contribution is 5.76. The molecule has 0 aliphatic rings. The van der Waals surface area contributed by atoms with Gasteiger partial charge in [-0.25, -0.2) is 0 Å². The number of hydrogen-bond donors (Lipinski definition) is 2. The van der Waals surface area contributed by atoms with Crippen molar-refractivity contribution in [1.29, 1.82) is 0 Å². The molecule has 0 aromatic heterocycles. The predicted octanol–water partition coefficient (Wildman–Crippen LogP) is 1.63. The second kappa shape index (κ2) is 8.36. The molecule has 6 nitrogen and oxygen atoms in total. The van der Waals surface area contributed by atoms with Gasteiger partial charge < -0.3 is 25.3 Å². The van der Waals surface area contributed by atoms with E-state index in [0.29, 0.717) is 36.6 Å². The molecule has 0 saturated carbocycles. The summed E-state index contributed by atoms with van der Waals surface area (Å²) in [5.41, 5.74) is 6.28. The molecular formula is C15H24N2O4. The molecule has 0 spiro atoms. The van der Waals surface area contributed by atoms with E-state index < -0.39 is 0 Å². The van der Waals surface area contributed by atoms with E-state index in [2.05, 4.69) is 5.32 Å². The Labute approximate surface area is 125 Å². The molecule has 1 amide bonds. The maximum atomic E-state index is 11.8. The van der Waals surface area contributed by atoms with Crippen LogP contribution in [-0.2, 0) is 4.79 Å². The Morgan fingerprint density at radius 3 is 2.19 bits per heavy atom. The van der Waals surface area contributed by atoms with Crippen LogP contribution in [0.15, 0.2) is 12.1 Å². The summed E-state index contributed by atoms with van der Waals surface area (Å²) in [7, 11) is 4.68. The molecule has 0 radical (unpaired) electrons. The number of amides is 1. The number of carbonyl (C=O) groups is 1. The highest BCUT2D eigenvalue weighted by atomic mass is 16.5. The van der Waals surface area contributed by atoms with Crippen LogP contribution in [0, 0.1) is 0 Å². The lowest BCUT2D eigenvalue weighted by molar-refractivity contribution is -0.121. The number of benzene rings is 1. The fourth-order valence-electron chi connectivity index (χ4n) is 2.01. The molecule has 0 aliphatic carbocycles. The van der Waals surface area contributed by atoms with Crippen LogP contribution in [0.4, 0.5) is 0 Å². The zero-order chi connectivity index (χ0) is 15.8. The van der Waals surface area contributed by atoms with Crippen LogP contribution >= 0.6 is 0 Å². The molecule has 1 aromatic carbocycles. The van der Waals surface area contributed by atoms with Gasteiger partial charge in [0.15, 0.2) is 11.5 Å². The third kappa shape index (κ3) is 4.53. The SMILES string of the molecule is COc1cc(C(C)NC(=O)CCCN)cc(OC)c1OC. The number of carbonyl (C=O) groups excluding carboxylic acids is 1. The normalized spacial score (nSPS) is 11.7. The number of ether oxygens (including phenoxy) is 3. The summed E-state index contributed by atoms with van der Waals surface area (Å²) < 4.78 is 15.9. The summed E-state index contributed by atoms with van der Waals surface area (Å²) in [6, 6.07) is 3.49. The van der Waals surface area contributed by atoms with Crippen LogP contribution in [0.1, 0.15) is 31.4 Å². The van der Waals surface area contributed by atoms with Gasteiger partial charge in [0, 0.05) is 6.42 Å². The lowest BCUT2D eigenvalue weighted by Crippen LogP contribution is -2.27. The van der Waals surface area contributed by atoms with Gasteiger partial charge in [0.05, 0.1) is 27.4 Å². The van der Waals surface area contributed by atoms with Crippen LogP contribution in [0.3, 0.4) is 0 Å². The molecule has 0 aliphatic heterocycles. The zero-order valence-electron chi connectivity index (χ0n) is 13.1. The molecular weight excluding hydrogens is 272 g/mol. The minimum absolute atomic E-state index is 0.0262. The largest absolute Gasteiger partial charge is 0.493 e. The summed E-state index contributed by atoms with van der Waals surface area (Å²) in [5.74, 6) is 1.64. The van der Waals surface area contributed by atoms with E-state index >= 15 is 0 Å². The topological polar surface area (TPSA) is 82.8 Å². The molecule has 3 N–H and O–H groups in total. The molecule has 0 fully saturated rings. The van der Waals surface area contributed by atoms with Crippen molar-refractivity contribution in [3.63, 3.8) is 0 Å². The number of rotatable bonds is 8. The van der Waals surface area contributed by atoms with Crippen molar-refractivity contribution >= 4 is 5.91 Å². The van der Waals surface area contributed by atoms with Crippen molar-refractivity contribution in [2.45, 2.75) is 25.8 Å². The fourth-order valence-corrected chi connectivity index (χ4v) is 2.01. The maximum absolute atomic E-state index is 11.8. The van der Waals surface area contributed by atoms with Crippen LogP contribution < -0.4 is 25.3 Å². The molecule has 0 bridgehead atoms. The number of nitrogens with one attached hydrogen (secondary N) is 1.